The highest BCUT2D eigenvalue weighted by Crippen LogP contribution is 2.22. The van der Waals surface area contributed by atoms with Crippen molar-refractivity contribution in [3.05, 3.63) is 89.2 Å². The van der Waals surface area contributed by atoms with Crippen LogP contribution in [0.3, 0.4) is 0 Å². The first-order valence-electron chi connectivity index (χ1n) is 7.72. The number of carbonyl (C=O) groups is 1. The van der Waals surface area contributed by atoms with Crippen LogP contribution in [0.4, 0.5) is 0 Å². The minimum Gasteiger partial charge on any atom is -0.345 e. The van der Waals surface area contributed by atoms with Gasteiger partial charge >= 0.3 is 0 Å². The van der Waals surface area contributed by atoms with Crippen LogP contribution in [0.15, 0.2) is 72.9 Å². The zero-order valence-electron chi connectivity index (χ0n) is 13.2. The van der Waals surface area contributed by atoms with Crippen LogP contribution in [0, 0.1) is 0 Å². The second kappa shape index (κ2) is 7.28. The lowest BCUT2D eigenvalue weighted by Crippen LogP contribution is -2.27. The maximum Gasteiger partial charge on any atom is 0.254 e. The fourth-order valence-corrected chi connectivity index (χ4v) is 2.71. The third-order valence-electron chi connectivity index (χ3n) is 3.87. The second-order valence-electron chi connectivity index (χ2n) is 5.52. The van der Waals surface area contributed by atoms with Gasteiger partial charge in [-0.25, -0.2) is 4.98 Å². The Morgan fingerprint density at radius 1 is 0.958 bits per heavy atom. The number of nitrogens with one attached hydrogen (secondary N) is 1. The third kappa shape index (κ3) is 3.63. The lowest BCUT2D eigenvalue weighted by atomic mass is 10.0. The Balaban J connectivity index is 1.73. The standard InChI is InChI=1S/C20H17ClN2O/c1-14(23-20(24)18-8-5-13-22-19(18)21)15-9-11-17(12-10-15)16-6-3-2-4-7-16/h2-14H,1H3,(H,23,24)/t14-/m1/s1. The molecule has 0 aliphatic carbocycles. The Morgan fingerprint density at radius 2 is 1.62 bits per heavy atom. The Bertz CT molecular complexity index is 832. The van der Waals surface area contributed by atoms with Gasteiger partial charge in [-0.2, -0.15) is 0 Å². The van der Waals surface area contributed by atoms with Crippen LogP contribution >= 0.6 is 11.6 Å². The van der Waals surface area contributed by atoms with E-state index in [1.54, 1.807) is 18.3 Å². The molecule has 1 heterocycles. The SMILES string of the molecule is C[C@@H](NC(=O)c1cccnc1Cl)c1ccc(-c2ccccc2)cc1. The summed E-state index contributed by atoms with van der Waals surface area (Å²) in [5.41, 5.74) is 3.73. The van der Waals surface area contributed by atoms with Gasteiger partial charge < -0.3 is 5.32 Å². The van der Waals surface area contributed by atoms with Crippen LogP contribution < -0.4 is 5.32 Å². The number of nitrogens with zero attached hydrogens (tertiary/aromatic N) is 1. The molecule has 0 aliphatic heterocycles. The summed E-state index contributed by atoms with van der Waals surface area (Å²) in [4.78, 5) is 16.2. The van der Waals surface area contributed by atoms with E-state index in [0.717, 1.165) is 11.1 Å². The van der Waals surface area contributed by atoms with E-state index in [-0.39, 0.29) is 17.1 Å². The highest BCUT2D eigenvalue weighted by atomic mass is 35.5. The van der Waals surface area contributed by atoms with Gasteiger partial charge in [0, 0.05) is 6.20 Å². The fourth-order valence-electron chi connectivity index (χ4n) is 2.51. The number of aromatic nitrogens is 1. The molecule has 0 saturated heterocycles. The monoisotopic (exact) mass is 336 g/mol. The Labute approximate surface area is 146 Å². The predicted octanol–water partition coefficient (Wildman–Crippen LogP) is 4.89. The summed E-state index contributed by atoms with van der Waals surface area (Å²) < 4.78 is 0. The Hall–Kier alpha value is -2.65. The van der Waals surface area contributed by atoms with Crippen molar-refractivity contribution in [2.24, 2.45) is 0 Å². The van der Waals surface area contributed by atoms with Gasteiger partial charge in [0.2, 0.25) is 0 Å². The Morgan fingerprint density at radius 3 is 2.29 bits per heavy atom. The van der Waals surface area contributed by atoms with Crippen molar-refractivity contribution in [1.29, 1.82) is 0 Å². The summed E-state index contributed by atoms with van der Waals surface area (Å²) in [5, 5.41) is 3.16. The summed E-state index contributed by atoms with van der Waals surface area (Å²) in [6, 6.07) is 21.6. The minimum atomic E-state index is -0.229. The molecule has 0 unspecified atom stereocenters. The topological polar surface area (TPSA) is 42.0 Å². The first-order valence-corrected chi connectivity index (χ1v) is 8.09. The van der Waals surface area contributed by atoms with Crippen molar-refractivity contribution >= 4 is 17.5 Å². The first kappa shape index (κ1) is 16.2. The molecule has 0 bridgehead atoms. The van der Waals surface area contributed by atoms with Crippen molar-refractivity contribution in [3.8, 4) is 11.1 Å². The van der Waals surface area contributed by atoms with Gasteiger partial charge in [-0.05, 0) is 35.7 Å². The maximum atomic E-state index is 12.3. The maximum absolute atomic E-state index is 12.3. The molecular weight excluding hydrogens is 320 g/mol. The molecule has 3 nitrogen and oxygen atoms in total. The normalized spacial score (nSPS) is 11.8. The number of benzene rings is 2. The molecule has 1 atom stereocenters. The van der Waals surface area contributed by atoms with Gasteiger partial charge in [0.05, 0.1) is 11.6 Å². The molecule has 0 radical (unpaired) electrons. The number of amides is 1. The number of hydrogen-bond acceptors (Lipinski definition) is 2. The molecule has 24 heavy (non-hydrogen) atoms. The number of pyridine rings is 1. The van der Waals surface area contributed by atoms with E-state index in [2.05, 4.69) is 34.6 Å². The molecule has 1 aromatic heterocycles. The number of halogens is 1. The average Bonchev–Trinajstić information content (AvgIpc) is 2.63. The minimum absolute atomic E-state index is 0.126. The molecule has 2 aromatic carbocycles. The van der Waals surface area contributed by atoms with Crippen LogP contribution in [-0.2, 0) is 0 Å². The summed E-state index contributed by atoms with van der Waals surface area (Å²) in [7, 11) is 0. The molecule has 1 N–H and O–H groups in total. The molecule has 4 heteroatoms. The van der Waals surface area contributed by atoms with Crippen molar-refractivity contribution < 1.29 is 4.79 Å². The smallest absolute Gasteiger partial charge is 0.254 e. The van der Waals surface area contributed by atoms with Gasteiger partial charge in [0.15, 0.2) is 0 Å². The van der Waals surface area contributed by atoms with E-state index in [1.807, 2.05) is 37.3 Å². The molecule has 0 saturated carbocycles. The van der Waals surface area contributed by atoms with E-state index < -0.39 is 0 Å². The molecule has 3 aromatic rings. The van der Waals surface area contributed by atoms with Crippen LogP contribution in [-0.4, -0.2) is 10.9 Å². The van der Waals surface area contributed by atoms with Crippen LogP contribution in [0.25, 0.3) is 11.1 Å². The lowest BCUT2D eigenvalue weighted by molar-refractivity contribution is 0.0939. The van der Waals surface area contributed by atoms with Gasteiger partial charge in [0.1, 0.15) is 5.15 Å². The van der Waals surface area contributed by atoms with Crippen LogP contribution in [0.1, 0.15) is 28.9 Å². The van der Waals surface area contributed by atoms with Crippen molar-refractivity contribution in [3.63, 3.8) is 0 Å². The van der Waals surface area contributed by atoms with E-state index in [9.17, 15) is 4.79 Å². The van der Waals surface area contributed by atoms with Gasteiger partial charge in [0.25, 0.3) is 5.91 Å². The third-order valence-corrected chi connectivity index (χ3v) is 4.17. The first-order chi connectivity index (χ1) is 11.6. The molecular formula is C20H17ClN2O. The van der Waals surface area contributed by atoms with Crippen LogP contribution in [0.2, 0.25) is 5.15 Å². The summed E-state index contributed by atoms with van der Waals surface area (Å²) in [6.45, 7) is 1.94. The fraction of sp³-hybridized carbons (Fsp3) is 0.100. The largest absolute Gasteiger partial charge is 0.345 e. The van der Waals surface area contributed by atoms with E-state index >= 15 is 0 Å². The van der Waals surface area contributed by atoms with Gasteiger partial charge in [-0.15, -0.1) is 0 Å². The molecule has 120 valence electrons. The zero-order chi connectivity index (χ0) is 16.9. The van der Waals surface area contributed by atoms with Gasteiger partial charge in [-0.3, -0.25) is 4.79 Å². The van der Waals surface area contributed by atoms with Gasteiger partial charge in [-0.1, -0.05) is 66.2 Å². The van der Waals surface area contributed by atoms with Crippen molar-refractivity contribution in [2.75, 3.05) is 0 Å². The van der Waals surface area contributed by atoms with E-state index in [4.69, 9.17) is 11.6 Å². The number of hydrogen-bond donors (Lipinski definition) is 1. The predicted molar refractivity (Wildman–Crippen MR) is 97.0 cm³/mol. The summed E-state index contributed by atoms with van der Waals surface area (Å²) in [6.07, 6.45) is 1.56. The zero-order valence-corrected chi connectivity index (χ0v) is 14.0. The van der Waals surface area contributed by atoms with Crippen LogP contribution in [0.5, 0.6) is 0 Å². The van der Waals surface area contributed by atoms with Crippen molar-refractivity contribution in [1.82, 2.24) is 10.3 Å². The number of rotatable bonds is 4. The summed E-state index contributed by atoms with van der Waals surface area (Å²) >= 11 is 5.97. The molecule has 3 rings (SSSR count). The average molecular weight is 337 g/mol. The lowest BCUT2D eigenvalue weighted by Gasteiger charge is -2.15. The quantitative estimate of drug-likeness (QED) is 0.689. The molecule has 0 spiro atoms. The highest BCUT2D eigenvalue weighted by Gasteiger charge is 2.14. The van der Waals surface area contributed by atoms with E-state index in [1.165, 1.54) is 5.56 Å². The van der Waals surface area contributed by atoms with Crippen molar-refractivity contribution in [2.45, 2.75) is 13.0 Å². The second-order valence-corrected chi connectivity index (χ2v) is 5.88. The number of carbonyl (C=O) groups excluding carboxylic acids is 1. The Kier molecular flexibility index (Phi) is 4.92. The highest BCUT2D eigenvalue weighted by molar-refractivity contribution is 6.32. The van der Waals surface area contributed by atoms with E-state index in [0.29, 0.717) is 5.56 Å². The molecule has 1 amide bonds. The molecule has 0 fully saturated rings. The molecule has 0 aliphatic rings. The summed E-state index contributed by atoms with van der Waals surface area (Å²) in [5.74, 6) is -0.229.